The molecular formula is C28H31IN2O3. The molecule has 3 aromatic carbocycles. The van der Waals surface area contributed by atoms with Gasteiger partial charge in [-0.05, 0) is 71.3 Å². The first-order chi connectivity index (χ1) is 16.5. The second-order valence-electron chi connectivity index (χ2n) is 8.25. The maximum atomic E-state index is 13.5. The SMILES string of the molecule is CCCNC(=O)[C@@H](Cc1ccccc1)N(Cc1ccc(C)cc1)C(=O)COc1ccc(I)cc1. The van der Waals surface area contributed by atoms with Crippen LogP contribution < -0.4 is 10.1 Å². The Labute approximate surface area is 215 Å². The summed E-state index contributed by atoms with van der Waals surface area (Å²) in [5.74, 6) is 0.242. The quantitative estimate of drug-likeness (QED) is 0.325. The van der Waals surface area contributed by atoms with Crippen LogP contribution in [0.3, 0.4) is 0 Å². The molecule has 5 nitrogen and oxygen atoms in total. The molecule has 0 aliphatic heterocycles. The largest absolute Gasteiger partial charge is 0.484 e. The van der Waals surface area contributed by atoms with Crippen LogP contribution in [-0.2, 0) is 22.6 Å². The number of carbonyl (C=O) groups is 2. The Morgan fingerprint density at radius 3 is 2.26 bits per heavy atom. The van der Waals surface area contributed by atoms with E-state index in [2.05, 4.69) is 27.9 Å². The number of benzene rings is 3. The molecule has 2 amide bonds. The predicted molar refractivity (Wildman–Crippen MR) is 144 cm³/mol. The highest BCUT2D eigenvalue weighted by Gasteiger charge is 2.30. The Kier molecular flexibility index (Phi) is 9.94. The molecule has 0 saturated heterocycles. The zero-order valence-corrected chi connectivity index (χ0v) is 21.8. The van der Waals surface area contributed by atoms with Crippen molar-refractivity contribution < 1.29 is 14.3 Å². The molecule has 178 valence electrons. The van der Waals surface area contributed by atoms with E-state index < -0.39 is 6.04 Å². The molecule has 0 saturated carbocycles. The Morgan fingerprint density at radius 1 is 0.941 bits per heavy atom. The van der Waals surface area contributed by atoms with Gasteiger partial charge in [-0.2, -0.15) is 0 Å². The summed E-state index contributed by atoms with van der Waals surface area (Å²) in [4.78, 5) is 28.4. The summed E-state index contributed by atoms with van der Waals surface area (Å²) in [7, 11) is 0. The lowest BCUT2D eigenvalue weighted by Crippen LogP contribution is -2.51. The number of nitrogens with one attached hydrogen (secondary N) is 1. The predicted octanol–water partition coefficient (Wildman–Crippen LogP) is 5.14. The molecule has 0 bridgehead atoms. The highest BCUT2D eigenvalue weighted by atomic mass is 127. The van der Waals surface area contributed by atoms with Gasteiger partial charge in [0.2, 0.25) is 5.91 Å². The molecule has 0 aromatic heterocycles. The Balaban J connectivity index is 1.87. The van der Waals surface area contributed by atoms with Crippen molar-refractivity contribution >= 4 is 34.4 Å². The summed E-state index contributed by atoms with van der Waals surface area (Å²) >= 11 is 2.23. The van der Waals surface area contributed by atoms with Crippen LogP contribution in [0.15, 0.2) is 78.9 Å². The minimum absolute atomic E-state index is 0.140. The highest BCUT2D eigenvalue weighted by Crippen LogP contribution is 2.17. The van der Waals surface area contributed by atoms with Gasteiger partial charge < -0.3 is 15.0 Å². The van der Waals surface area contributed by atoms with Crippen molar-refractivity contribution in [2.24, 2.45) is 0 Å². The van der Waals surface area contributed by atoms with Gasteiger partial charge in [0, 0.05) is 23.1 Å². The van der Waals surface area contributed by atoms with Gasteiger partial charge in [0.25, 0.3) is 5.91 Å². The third-order valence-corrected chi connectivity index (χ3v) is 6.19. The Hall–Kier alpha value is -2.87. The normalized spacial score (nSPS) is 11.5. The maximum Gasteiger partial charge on any atom is 0.261 e. The van der Waals surface area contributed by atoms with Crippen LogP contribution in [-0.4, -0.2) is 35.9 Å². The van der Waals surface area contributed by atoms with E-state index in [9.17, 15) is 9.59 Å². The van der Waals surface area contributed by atoms with Crippen LogP contribution in [0.2, 0.25) is 0 Å². The van der Waals surface area contributed by atoms with Crippen LogP contribution in [0.25, 0.3) is 0 Å². The molecule has 0 aliphatic carbocycles. The standard InChI is InChI=1S/C28H31IN2O3/c1-3-17-30-28(33)26(18-22-7-5-4-6-8-22)31(19-23-11-9-21(2)10-12-23)27(32)20-34-25-15-13-24(29)14-16-25/h4-16,26H,3,17-20H2,1-2H3,(H,30,33)/t26-/m1/s1. The van der Waals surface area contributed by atoms with Gasteiger partial charge in [0.15, 0.2) is 6.61 Å². The number of ether oxygens (including phenoxy) is 1. The molecule has 0 aliphatic rings. The number of hydrogen-bond donors (Lipinski definition) is 1. The smallest absolute Gasteiger partial charge is 0.261 e. The van der Waals surface area contributed by atoms with E-state index in [1.165, 1.54) is 0 Å². The summed E-state index contributed by atoms with van der Waals surface area (Å²) < 4.78 is 6.89. The van der Waals surface area contributed by atoms with Crippen molar-refractivity contribution in [2.75, 3.05) is 13.2 Å². The average Bonchev–Trinajstić information content (AvgIpc) is 2.86. The second-order valence-corrected chi connectivity index (χ2v) is 9.49. The van der Waals surface area contributed by atoms with Gasteiger partial charge in [0.1, 0.15) is 11.8 Å². The van der Waals surface area contributed by atoms with Crippen LogP contribution in [0.4, 0.5) is 0 Å². The molecular weight excluding hydrogens is 539 g/mol. The van der Waals surface area contributed by atoms with E-state index in [1.807, 2.05) is 92.7 Å². The van der Waals surface area contributed by atoms with E-state index >= 15 is 0 Å². The van der Waals surface area contributed by atoms with E-state index in [1.54, 1.807) is 4.90 Å². The highest BCUT2D eigenvalue weighted by molar-refractivity contribution is 14.1. The van der Waals surface area contributed by atoms with E-state index in [4.69, 9.17) is 4.74 Å². The van der Waals surface area contributed by atoms with Crippen LogP contribution in [0.1, 0.15) is 30.0 Å². The molecule has 0 spiro atoms. The maximum absolute atomic E-state index is 13.5. The average molecular weight is 570 g/mol. The number of hydrogen-bond acceptors (Lipinski definition) is 3. The summed E-state index contributed by atoms with van der Waals surface area (Å²) in [6.45, 7) is 4.79. The van der Waals surface area contributed by atoms with Crippen LogP contribution >= 0.6 is 22.6 Å². The van der Waals surface area contributed by atoms with Crippen molar-refractivity contribution in [1.82, 2.24) is 10.2 Å². The van der Waals surface area contributed by atoms with E-state index in [-0.39, 0.29) is 18.4 Å². The summed E-state index contributed by atoms with van der Waals surface area (Å²) in [6, 6.07) is 24.7. The van der Waals surface area contributed by atoms with Crippen LogP contribution in [0, 0.1) is 10.5 Å². The first-order valence-electron chi connectivity index (χ1n) is 11.5. The van der Waals surface area contributed by atoms with E-state index in [0.717, 1.165) is 26.7 Å². The number of halogens is 1. The number of carbonyl (C=O) groups excluding carboxylic acids is 2. The molecule has 0 radical (unpaired) electrons. The van der Waals surface area contributed by atoms with Crippen molar-refractivity contribution in [3.8, 4) is 5.75 Å². The lowest BCUT2D eigenvalue weighted by Gasteiger charge is -2.31. The van der Waals surface area contributed by atoms with Crippen LogP contribution in [0.5, 0.6) is 5.75 Å². The van der Waals surface area contributed by atoms with Crippen molar-refractivity contribution in [3.05, 3.63) is 99.1 Å². The van der Waals surface area contributed by atoms with Gasteiger partial charge in [-0.25, -0.2) is 0 Å². The number of rotatable bonds is 11. The van der Waals surface area contributed by atoms with E-state index in [0.29, 0.717) is 25.3 Å². The molecule has 34 heavy (non-hydrogen) atoms. The second kappa shape index (κ2) is 13.1. The molecule has 1 N–H and O–H groups in total. The Morgan fingerprint density at radius 2 is 1.62 bits per heavy atom. The molecule has 3 rings (SSSR count). The third-order valence-electron chi connectivity index (χ3n) is 5.47. The van der Waals surface area contributed by atoms with Gasteiger partial charge in [-0.1, -0.05) is 67.1 Å². The van der Waals surface area contributed by atoms with Crippen molar-refractivity contribution in [1.29, 1.82) is 0 Å². The Bertz CT molecular complexity index is 1050. The molecule has 6 heteroatoms. The number of amides is 2. The fourth-order valence-corrected chi connectivity index (χ4v) is 3.93. The molecule has 1 atom stereocenters. The fourth-order valence-electron chi connectivity index (χ4n) is 3.57. The fraction of sp³-hybridized carbons (Fsp3) is 0.286. The van der Waals surface area contributed by atoms with Gasteiger partial charge in [0.05, 0.1) is 0 Å². The lowest BCUT2D eigenvalue weighted by molar-refractivity contribution is -0.142. The minimum atomic E-state index is -0.650. The van der Waals surface area contributed by atoms with Gasteiger partial charge in [-0.15, -0.1) is 0 Å². The third kappa shape index (κ3) is 7.87. The molecule has 3 aromatic rings. The first kappa shape index (κ1) is 25.7. The zero-order chi connectivity index (χ0) is 24.3. The van der Waals surface area contributed by atoms with Crippen molar-refractivity contribution in [2.45, 2.75) is 39.3 Å². The van der Waals surface area contributed by atoms with Crippen molar-refractivity contribution in [3.63, 3.8) is 0 Å². The minimum Gasteiger partial charge on any atom is -0.484 e. The first-order valence-corrected chi connectivity index (χ1v) is 12.6. The molecule has 0 fully saturated rings. The summed E-state index contributed by atoms with van der Waals surface area (Å²) in [6.07, 6.45) is 1.25. The summed E-state index contributed by atoms with van der Waals surface area (Å²) in [5.41, 5.74) is 3.11. The molecule has 0 heterocycles. The topological polar surface area (TPSA) is 58.6 Å². The number of nitrogens with zero attached hydrogens (tertiary/aromatic N) is 1. The zero-order valence-electron chi connectivity index (χ0n) is 19.7. The lowest BCUT2D eigenvalue weighted by atomic mass is 10.0. The number of aryl methyl sites for hydroxylation is 1. The van der Waals surface area contributed by atoms with Gasteiger partial charge in [-0.3, -0.25) is 9.59 Å². The van der Waals surface area contributed by atoms with Gasteiger partial charge >= 0.3 is 0 Å². The summed E-state index contributed by atoms with van der Waals surface area (Å²) in [5, 5.41) is 2.99. The monoisotopic (exact) mass is 570 g/mol. The molecule has 0 unspecified atom stereocenters.